The zero-order chi connectivity index (χ0) is 15.0. The van der Waals surface area contributed by atoms with Gasteiger partial charge in [-0.2, -0.15) is 0 Å². The van der Waals surface area contributed by atoms with E-state index in [-0.39, 0.29) is 18.2 Å². The van der Waals surface area contributed by atoms with Gasteiger partial charge in [-0.25, -0.2) is 0 Å². The smallest absolute Gasteiger partial charge is 0.254 e. The number of thiophene rings is 1. The molecule has 0 atom stereocenters. The second-order valence-electron chi connectivity index (χ2n) is 4.79. The van der Waals surface area contributed by atoms with E-state index in [0.717, 1.165) is 23.3 Å². The molecule has 3 rings (SSSR count). The number of nitrogens with zero attached hydrogens (tertiary/aromatic N) is 1. The molecule has 0 spiro atoms. The lowest BCUT2D eigenvalue weighted by molar-refractivity contribution is 0.0696. The van der Waals surface area contributed by atoms with Gasteiger partial charge < -0.3 is 4.90 Å². The van der Waals surface area contributed by atoms with Gasteiger partial charge in [-0.3, -0.25) is 9.59 Å². The van der Waals surface area contributed by atoms with Gasteiger partial charge in [0.25, 0.3) is 5.91 Å². The number of ketones is 1. The van der Waals surface area contributed by atoms with Crippen LogP contribution in [0.4, 0.5) is 0 Å². The Balaban J connectivity index is 1.79. The molecule has 2 aromatic rings. The van der Waals surface area contributed by atoms with E-state index in [1.807, 2.05) is 18.2 Å². The fourth-order valence-corrected chi connectivity index (χ4v) is 3.91. The maximum absolute atomic E-state index is 12.4. The molecule has 1 amide bonds. The molecule has 1 aliphatic rings. The van der Waals surface area contributed by atoms with E-state index in [4.69, 9.17) is 23.2 Å². The molecule has 108 valence electrons. The van der Waals surface area contributed by atoms with Crippen LogP contribution in [0.15, 0.2) is 30.3 Å². The number of hydrogen-bond acceptors (Lipinski definition) is 3. The Kier molecular flexibility index (Phi) is 4.02. The molecule has 0 fully saturated rings. The molecule has 0 radical (unpaired) electrons. The largest absolute Gasteiger partial charge is 0.331 e. The summed E-state index contributed by atoms with van der Waals surface area (Å²) in [6, 6.07) is 9.04. The van der Waals surface area contributed by atoms with Crippen LogP contribution in [0.1, 0.15) is 26.3 Å². The first-order valence-corrected chi connectivity index (χ1v) is 7.98. The number of amides is 1. The Morgan fingerprint density at radius 1 is 1.29 bits per heavy atom. The third kappa shape index (κ3) is 2.84. The number of rotatable bonds is 3. The second-order valence-corrected chi connectivity index (χ2v) is 7.08. The lowest BCUT2D eigenvalue weighted by Gasteiger charge is -2.27. The van der Waals surface area contributed by atoms with Crippen molar-refractivity contribution in [3.8, 4) is 0 Å². The van der Waals surface area contributed by atoms with E-state index in [0.29, 0.717) is 26.3 Å². The standard InChI is InChI=1S/C15H11Cl2NO2S/c16-13-7-11(14(17)21-13)12(19)8-18-6-5-9-3-1-2-4-10(9)15(18)20/h1-4,7H,5-6,8H2. The molecule has 0 saturated heterocycles. The number of carbonyl (C=O) groups excluding carboxylic acids is 2. The lowest BCUT2D eigenvalue weighted by atomic mass is 9.99. The first-order valence-electron chi connectivity index (χ1n) is 6.41. The molecule has 1 aromatic heterocycles. The van der Waals surface area contributed by atoms with Gasteiger partial charge in [0.1, 0.15) is 4.34 Å². The highest BCUT2D eigenvalue weighted by Crippen LogP contribution is 2.31. The first-order chi connectivity index (χ1) is 10.1. The van der Waals surface area contributed by atoms with E-state index in [1.54, 1.807) is 17.0 Å². The maximum atomic E-state index is 12.4. The normalized spacial score (nSPS) is 14.2. The Hall–Kier alpha value is -1.36. The van der Waals surface area contributed by atoms with E-state index in [2.05, 4.69) is 0 Å². The average molecular weight is 340 g/mol. The fraction of sp³-hybridized carbons (Fsp3) is 0.200. The molecule has 2 heterocycles. The second kappa shape index (κ2) is 5.79. The van der Waals surface area contributed by atoms with Crippen LogP contribution in [0.2, 0.25) is 8.67 Å². The SMILES string of the molecule is O=C(CN1CCc2ccccc2C1=O)c1cc(Cl)sc1Cl. The Morgan fingerprint density at radius 3 is 2.76 bits per heavy atom. The molecule has 0 aliphatic carbocycles. The van der Waals surface area contributed by atoms with Gasteiger partial charge in [0.05, 0.1) is 16.4 Å². The molecule has 6 heteroatoms. The van der Waals surface area contributed by atoms with Crippen LogP contribution in [0.3, 0.4) is 0 Å². The molecule has 1 aliphatic heterocycles. The van der Waals surface area contributed by atoms with Crippen LogP contribution in [-0.2, 0) is 6.42 Å². The van der Waals surface area contributed by atoms with Crippen molar-refractivity contribution in [2.45, 2.75) is 6.42 Å². The summed E-state index contributed by atoms with van der Waals surface area (Å²) in [5, 5.41) is 0. The molecule has 3 nitrogen and oxygen atoms in total. The number of hydrogen-bond donors (Lipinski definition) is 0. The topological polar surface area (TPSA) is 37.4 Å². The molecule has 21 heavy (non-hydrogen) atoms. The van der Waals surface area contributed by atoms with Gasteiger partial charge in [0.15, 0.2) is 5.78 Å². The van der Waals surface area contributed by atoms with E-state index < -0.39 is 0 Å². The van der Waals surface area contributed by atoms with E-state index in [1.165, 1.54) is 0 Å². The van der Waals surface area contributed by atoms with Crippen LogP contribution in [0, 0.1) is 0 Å². The maximum Gasteiger partial charge on any atom is 0.254 e. The van der Waals surface area contributed by atoms with Crippen LogP contribution in [0.25, 0.3) is 0 Å². The highest BCUT2D eigenvalue weighted by atomic mass is 35.5. The minimum Gasteiger partial charge on any atom is -0.331 e. The minimum atomic E-state index is -0.184. The van der Waals surface area contributed by atoms with Gasteiger partial charge in [0, 0.05) is 12.1 Å². The monoisotopic (exact) mass is 339 g/mol. The minimum absolute atomic E-state index is 0.0277. The summed E-state index contributed by atoms with van der Waals surface area (Å²) in [6.45, 7) is 0.566. The number of Topliss-reactive ketones (excluding diaryl/α,β-unsaturated/α-hetero) is 1. The summed E-state index contributed by atoms with van der Waals surface area (Å²) in [6.07, 6.45) is 0.757. The predicted octanol–water partition coefficient (Wildman–Crippen LogP) is 3.94. The fourth-order valence-electron chi connectivity index (χ4n) is 2.41. The average Bonchev–Trinajstić information content (AvgIpc) is 2.81. The third-order valence-corrected chi connectivity index (χ3v) is 4.97. The van der Waals surface area contributed by atoms with Crippen molar-refractivity contribution in [2.24, 2.45) is 0 Å². The van der Waals surface area contributed by atoms with Crippen molar-refractivity contribution in [1.29, 1.82) is 0 Å². The number of benzene rings is 1. The van der Waals surface area contributed by atoms with Crippen LogP contribution >= 0.6 is 34.5 Å². The van der Waals surface area contributed by atoms with Gasteiger partial charge in [-0.1, -0.05) is 41.4 Å². The predicted molar refractivity (Wildman–Crippen MR) is 84.7 cm³/mol. The molecular formula is C15H11Cl2NO2S. The lowest BCUT2D eigenvalue weighted by Crippen LogP contribution is -2.40. The Bertz CT molecular complexity index is 726. The van der Waals surface area contributed by atoms with Gasteiger partial charge >= 0.3 is 0 Å². The van der Waals surface area contributed by atoms with Crippen molar-refractivity contribution in [3.05, 3.63) is 55.7 Å². The summed E-state index contributed by atoms with van der Waals surface area (Å²) >= 11 is 13.0. The van der Waals surface area contributed by atoms with Gasteiger partial charge in [-0.05, 0) is 24.1 Å². The first kappa shape index (κ1) is 14.6. The highest BCUT2D eigenvalue weighted by Gasteiger charge is 2.26. The number of carbonyl (C=O) groups is 2. The molecule has 1 aromatic carbocycles. The summed E-state index contributed by atoms with van der Waals surface area (Å²) in [5.41, 5.74) is 2.09. The van der Waals surface area contributed by atoms with E-state index >= 15 is 0 Å². The molecule has 0 unspecified atom stereocenters. The zero-order valence-electron chi connectivity index (χ0n) is 10.9. The van der Waals surface area contributed by atoms with Crippen molar-refractivity contribution >= 4 is 46.2 Å². The summed E-state index contributed by atoms with van der Waals surface area (Å²) in [7, 11) is 0. The van der Waals surface area contributed by atoms with Crippen molar-refractivity contribution in [3.63, 3.8) is 0 Å². The Labute approximate surface area is 136 Å². The Morgan fingerprint density at radius 2 is 2.05 bits per heavy atom. The zero-order valence-corrected chi connectivity index (χ0v) is 13.3. The highest BCUT2D eigenvalue weighted by molar-refractivity contribution is 7.20. The molecular weight excluding hydrogens is 329 g/mol. The summed E-state index contributed by atoms with van der Waals surface area (Å²) in [4.78, 5) is 26.2. The molecule has 0 bridgehead atoms. The van der Waals surface area contributed by atoms with Crippen LogP contribution in [0.5, 0.6) is 0 Å². The van der Waals surface area contributed by atoms with Crippen molar-refractivity contribution in [1.82, 2.24) is 4.90 Å². The third-order valence-electron chi connectivity index (χ3n) is 3.48. The molecule has 0 saturated carbocycles. The van der Waals surface area contributed by atoms with Gasteiger partial charge in [0.2, 0.25) is 0 Å². The quantitative estimate of drug-likeness (QED) is 0.794. The van der Waals surface area contributed by atoms with Gasteiger partial charge in [-0.15, -0.1) is 11.3 Å². The number of halogens is 2. The summed E-state index contributed by atoms with van der Waals surface area (Å²) in [5.74, 6) is -0.293. The van der Waals surface area contributed by atoms with Crippen LogP contribution in [-0.4, -0.2) is 29.7 Å². The number of fused-ring (bicyclic) bond motifs is 1. The van der Waals surface area contributed by atoms with Crippen LogP contribution < -0.4 is 0 Å². The summed E-state index contributed by atoms with van der Waals surface area (Å²) < 4.78 is 0.841. The molecule has 0 N–H and O–H groups in total. The van der Waals surface area contributed by atoms with Crippen molar-refractivity contribution in [2.75, 3.05) is 13.1 Å². The van der Waals surface area contributed by atoms with E-state index in [9.17, 15) is 9.59 Å². The van der Waals surface area contributed by atoms with Crippen molar-refractivity contribution < 1.29 is 9.59 Å².